The third-order valence-electron chi connectivity index (χ3n) is 4.61. The van der Waals surface area contributed by atoms with Gasteiger partial charge < -0.3 is 5.32 Å². The number of hydrogen-bond donors (Lipinski definition) is 1. The van der Waals surface area contributed by atoms with Crippen molar-refractivity contribution in [2.24, 2.45) is 0 Å². The van der Waals surface area contributed by atoms with E-state index in [1.165, 1.54) is 0 Å². The molecular weight excluding hydrogens is 348 g/mol. The molecule has 0 bridgehead atoms. The van der Waals surface area contributed by atoms with Crippen LogP contribution in [0.4, 0.5) is 5.82 Å². The van der Waals surface area contributed by atoms with E-state index >= 15 is 0 Å². The first kappa shape index (κ1) is 16.4. The molecule has 4 rings (SSSR count). The number of hydrogen-bond acceptors (Lipinski definition) is 3. The molecule has 0 spiro atoms. The van der Waals surface area contributed by atoms with Crippen LogP contribution < -0.4 is 5.32 Å². The predicted molar refractivity (Wildman–Crippen MR) is 99.0 cm³/mol. The van der Waals surface area contributed by atoms with Gasteiger partial charge >= 0.3 is 0 Å². The van der Waals surface area contributed by atoms with Crippen LogP contribution in [0.1, 0.15) is 34.6 Å². The normalized spacial score (nSPS) is 15.8. The highest BCUT2D eigenvalue weighted by Gasteiger charge is 2.30. The molecular formula is C20H15ClN4O. The minimum Gasteiger partial charge on any atom is -0.311 e. The molecule has 128 valence electrons. The molecule has 0 radical (unpaired) electrons. The van der Waals surface area contributed by atoms with Crippen LogP contribution in [0.2, 0.25) is 5.02 Å². The van der Waals surface area contributed by atoms with E-state index in [-0.39, 0.29) is 11.8 Å². The lowest BCUT2D eigenvalue weighted by Crippen LogP contribution is -2.25. The van der Waals surface area contributed by atoms with E-state index in [9.17, 15) is 4.79 Å². The molecule has 1 amide bonds. The standard InChI is InChI=1S/C20H15ClN4O/c21-18-4-2-1-3-15(18)12-25-20-17(11-23-25)16(9-19(26)24-20)14-7-5-13(10-22)6-8-14/h1-8,11,16H,9,12H2,(H,24,26). The van der Waals surface area contributed by atoms with Gasteiger partial charge in [-0.1, -0.05) is 41.9 Å². The maximum atomic E-state index is 12.3. The second kappa shape index (κ2) is 6.66. The van der Waals surface area contributed by atoms with Crippen molar-refractivity contribution in [3.63, 3.8) is 0 Å². The van der Waals surface area contributed by atoms with E-state index in [0.717, 1.165) is 16.7 Å². The summed E-state index contributed by atoms with van der Waals surface area (Å²) in [5.74, 6) is 0.579. The predicted octanol–water partition coefficient (Wildman–Crippen LogP) is 3.93. The van der Waals surface area contributed by atoms with Gasteiger partial charge in [-0.25, -0.2) is 4.68 Å². The monoisotopic (exact) mass is 362 g/mol. The van der Waals surface area contributed by atoms with Crippen molar-refractivity contribution in [3.8, 4) is 6.07 Å². The number of fused-ring (bicyclic) bond motifs is 1. The quantitative estimate of drug-likeness (QED) is 0.767. The molecule has 3 aromatic rings. The van der Waals surface area contributed by atoms with E-state index in [1.807, 2.05) is 36.4 Å². The van der Waals surface area contributed by atoms with Crippen LogP contribution >= 0.6 is 11.6 Å². The maximum Gasteiger partial charge on any atom is 0.226 e. The summed E-state index contributed by atoms with van der Waals surface area (Å²) in [5.41, 5.74) is 3.51. The third-order valence-corrected chi connectivity index (χ3v) is 4.98. The van der Waals surface area contributed by atoms with Gasteiger partial charge in [0, 0.05) is 22.9 Å². The Morgan fingerprint density at radius 2 is 2.00 bits per heavy atom. The van der Waals surface area contributed by atoms with Crippen LogP contribution in [0.15, 0.2) is 54.7 Å². The molecule has 0 saturated heterocycles. The average Bonchev–Trinajstić information content (AvgIpc) is 3.05. The number of anilines is 1. The van der Waals surface area contributed by atoms with Crippen molar-refractivity contribution in [1.29, 1.82) is 5.26 Å². The lowest BCUT2D eigenvalue weighted by Gasteiger charge is -2.24. The van der Waals surface area contributed by atoms with Gasteiger partial charge in [0.1, 0.15) is 5.82 Å². The highest BCUT2D eigenvalue weighted by Crippen LogP contribution is 2.37. The van der Waals surface area contributed by atoms with Crippen LogP contribution in [0.25, 0.3) is 0 Å². The fourth-order valence-electron chi connectivity index (χ4n) is 3.27. The lowest BCUT2D eigenvalue weighted by molar-refractivity contribution is -0.116. The molecule has 1 N–H and O–H groups in total. The molecule has 1 atom stereocenters. The second-order valence-electron chi connectivity index (χ2n) is 6.24. The van der Waals surface area contributed by atoms with Gasteiger partial charge in [0.15, 0.2) is 0 Å². The summed E-state index contributed by atoms with van der Waals surface area (Å²) in [6.07, 6.45) is 2.16. The molecule has 2 heterocycles. The van der Waals surface area contributed by atoms with Crippen molar-refractivity contribution in [2.45, 2.75) is 18.9 Å². The summed E-state index contributed by atoms with van der Waals surface area (Å²) in [6.45, 7) is 0.482. The van der Waals surface area contributed by atoms with Crippen LogP contribution in [-0.2, 0) is 11.3 Å². The highest BCUT2D eigenvalue weighted by molar-refractivity contribution is 6.31. The van der Waals surface area contributed by atoms with Crippen molar-refractivity contribution < 1.29 is 4.79 Å². The summed E-state index contributed by atoms with van der Waals surface area (Å²) in [6, 6.07) is 17.0. The minimum atomic E-state index is -0.0773. The summed E-state index contributed by atoms with van der Waals surface area (Å²) < 4.78 is 1.77. The zero-order chi connectivity index (χ0) is 18.1. The Balaban J connectivity index is 1.70. The number of rotatable bonds is 3. The van der Waals surface area contributed by atoms with Crippen molar-refractivity contribution in [2.75, 3.05) is 5.32 Å². The number of benzene rings is 2. The SMILES string of the molecule is N#Cc1ccc(C2CC(=O)Nc3c2cnn3Cc2ccccc2Cl)cc1. The number of carbonyl (C=O) groups excluding carboxylic acids is 1. The number of halogens is 1. The third kappa shape index (κ3) is 2.96. The molecule has 1 aliphatic rings. The topological polar surface area (TPSA) is 70.7 Å². The van der Waals surface area contributed by atoms with Crippen LogP contribution in [0, 0.1) is 11.3 Å². The smallest absolute Gasteiger partial charge is 0.226 e. The van der Waals surface area contributed by atoms with Gasteiger partial charge in [-0.3, -0.25) is 4.79 Å². The fourth-order valence-corrected chi connectivity index (χ4v) is 3.46. The van der Waals surface area contributed by atoms with Crippen LogP contribution in [-0.4, -0.2) is 15.7 Å². The number of aromatic nitrogens is 2. The number of nitrogens with zero attached hydrogens (tertiary/aromatic N) is 3. The number of nitrogens with one attached hydrogen (secondary N) is 1. The highest BCUT2D eigenvalue weighted by atomic mass is 35.5. The van der Waals surface area contributed by atoms with E-state index < -0.39 is 0 Å². The largest absolute Gasteiger partial charge is 0.311 e. The van der Waals surface area contributed by atoms with E-state index in [4.69, 9.17) is 16.9 Å². The van der Waals surface area contributed by atoms with E-state index in [0.29, 0.717) is 29.4 Å². The zero-order valence-corrected chi connectivity index (χ0v) is 14.6. The lowest BCUT2D eigenvalue weighted by atomic mass is 9.87. The average molecular weight is 363 g/mol. The molecule has 5 nitrogen and oxygen atoms in total. The molecule has 6 heteroatoms. The first-order chi connectivity index (χ1) is 12.7. The first-order valence-corrected chi connectivity index (χ1v) is 8.62. The summed E-state index contributed by atoms with van der Waals surface area (Å²) in [7, 11) is 0. The van der Waals surface area contributed by atoms with Crippen LogP contribution in [0.5, 0.6) is 0 Å². The van der Waals surface area contributed by atoms with Crippen LogP contribution in [0.3, 0.4) is 0 Å². The van der Waals surface area contributed by atoms with Gasteiger partial charge in [-0.2, -0.15) is 10.4 Å². The Morgan fingerprint density at radius 1 is 1.23 bits per heavy atom. The number of carbonyl (C=O) groups is 1. The minimum absolute atomic E-state index is 0.0484. The maximum absolute atomic E-state index is 12.3. The molecule has 0 saturated carbocycles. The van der Waals surface area contributed by atoms with Gasteiger partial charge in [0.2, 0.25) is 5.91 Å². The Morgan fingerprint density at radius 3 is 2.73 bits per heavy atom. The van der Waals surface area contributed by atoms with Gasteiger partial charge in [-0.15, -0.1) is 0 Å². The molecule has 2 aromatic carbocycles. The van der Waals surface area contributed by atoms with Crippen molar-refractivity contribution in [1.82, 2.24) is 9.78 Å². The molecule has 1 aliphatic heterocycles. The first-order valence-electron chi connectivity index (χ1n) is 8.24. The number of amides is 1. The zero-order valence-electron chi connectivity index (χ0n) is 13.8. The van der Waals surface area contributed by atoms with Gasteiger partial charge in [0.05, 0.1) is 24.4 Å². The molecule has 0 fully saturated rings. The van der Waals surface area contributed by atoms with E-state index in [1.54, 1.807) is 23.0 Å². The Bertz CT molecular complexity index is 1020. The fraction of sp³-hybridized carbons (Fsp3) is 0.150. The molecule has 26 heavy (non-hydrogen) atoms. The number of nitriles is 1. The van der Waals surface area contributed by atoms with E-state index in [2.05, 4.69) is 16.5 Å². The molecule has 0 aliphatic carbocycles. The van der Waals surface area contributed by atoms with Gasteiger partial charge in [-0.05, 0) is 29.3 Å². The van der Waals surface area contributed by atoms with Crippen molar-refractivity contribution >= 4 is 23.3 Å². The summed E-state index contributed by atoms with van der Waals surface area (Å²) in [5, 5.41) is 17.0. The molecule has 1 aromatic heterocycles. The Labute approximate surface area is 155 Å². The summed E-state index contributed by atoms with van der Waals surface area (Å²) in [4.78, 5) is 12.3. The molecule has 1 unspecified atom stereocenters. The second-order valence-corrected chi connectivity index (χ2v) is 6.64. The van der Waals surface area contributed by atoms with Crippen molar-refractivity contribution in [3.05, 3.63) is 82.0 Å². The Hall–Kier alpha value is -3.10. The summed E-state index contributed by atoms with van der Waals surface area (Å²) >= 11 is 6.25. The van der Waals surface area contributed by atoms with Gasteiger partial charge in [0.25, 0.3) is 0 Å². The Kier molecular flexibility index (Phi) is 4.19.